The second-order valence-corrected chi connectivity index (χ2v) is 7.60. The fourth-order valence-corrected chi connectivity index (χ4v) is 3.62. The molecule has 166 valence electrons. The molecule has 4 nitrogen and oxygen atoms in total. The summed E-state index contributed by atoms with van der Waals surface area (Å²) in [6, 6.07) is 5.29. The van der Waals surface area contributed by atoms with Gasteiger partial charge in [0.1, 0.15) is 5.75 Å². The molecular weight excluding hydrogens is 442 g/mol. The fourth-order valence-electron chi connectivity index (χ4n) is 3.62. The van der Waals surface area contributed by atoms with Crippen LogP contribution in [0.4, 0.5) is 5.69 Å². The number of allylic oxidation sites excluding steroid dienone is 1. The van der Waals surface area contributed by atoms with Crippen LogP contribution in [-0.2, 0) is 26.7 Å². The minimum absolute atomic E-state index is 0. The number of hydrogen-bond acceptors (Lipinski definition) is 3. The number of nitrogens with one attached hydrogen (secondary N) is 1. The zero-order valence-electron chi connectivity index (χ0n) is 18.5. The summed E-state index contributed by atoms with van der Waals surface area (Å²) in [4.78, 5) is 24.8. The van der Waals surface area contributed by atoms with Crippen molar-refractivity contribution in [2.45, 2.75) is 39.5 Å². The number of esters is 1. The zero-order chi connectivity index (χ0) is 22.1. The van der Waals surface area contributed by atoms with Crippen molar-refractivity contribution in [2.24, 2.45) is 5.92 Å². The summed E-state index contributed by atoms with van der Waals surface area (Å²) in [7, 11) is 0. The molecule has 32 heavy (non-hydrogen) atoms. The van der Waals surface area contributed by atoms with E-state index in [1.54, 1.807) is 18.2 Å². The molecule has 1 N–H and O–H groups in total. The Hall–Kier alpha value is -1.58. The Balaban J connectivity index is 0.000000534. The van der Waals surface area contributed by atoms with Crippen molar-refractivity contribution >= 4 is 23.1 Å². The van der Waals surface area contributed by atoms with Crippen molar-refractivity contribution in [3.63, 3.8) is 0 Å². The molecule has 1 amide bonds. The van der Waals surface area contributed by atoms with E-state index in [1.807, 2.05) is 63.9 Å². The van der Waals surface area contributed by atoms with Gasteiger partial charge in [0.2, 0.25) is 0 Å². The molecule has 0 saturated heterocycles. The van der Waals surface area contributed by atoms with Crippen LogP contribution >= 0.6 is 0 Å². The van der Waals surface area contributed by atoms with Crippen LogP contribution in [0.5, 0.6) is 5.75 Å². The van der Waals surface area contributed by atoms with Gasteiger partial charge in [-0.1, -0.05) is 32.8 Å². The molecule has 0 aromatic heterocycles. The van der Waals surface area contributed by atoms with E-state index in [2.05, 4.69) is 19.2 Å². The Morgan fingerprint density at radius 2 is 1.56 bits per heavy atom. The molecule has 1 aliphatic heterocycles. The minimum atomic E-state index is -0.188. The summed E-state index contributed by atoms with van der Waals surface area (Å²) in [5, 5.41) is 2.86. The maximum absolute atomic E-state index is 12.5. The van der Waals surface area contributed by atoms with E-state index in [4.69, 9.17) is 4.74 Å². The maximum atomic E-state index is 12.5. The van der Waals surface area contributed by atoms with E-state index in [-0.39, 0.29) is 34.9 Å². The van der Waals surface area contributed by atoms with Crippen molar-refractivity contribution in [2.75, 3.05) is 5.32 Å². The van der Waals surface area contributed by atoms with E-state index in [1.165, 1.54) is 0 Å². The third-order valence-electron chi connectivity index (χ3n) is 5.16. The fraction of sp³-hybridized carbons (Fsp3) is 0.259. The van der Waals surface area contributed by atoms with Crippen LogP contribution in [0.2, 0.25) is 0 Å². The number of benzene rings is 1. The van der Waals surface area contributed by atoms with E-state index in [9.17, 15) is 9.59 Å². The number of hydrogen-bond donors (Lipinski definition) is 1. The maximum Gasteiger partial charge on any atom is 2.00 e. The summed E-state index contributed by atoms with van der Waals surface area (Å²) in [5.41, 5.74) is 2.10. The number of rotatable bonds is 7. The topological polar surface area (TPSA) is 55.4 Å². The van der Waals surface area contributed by atoms with Crippen LogP contribution in [0.15, 0.2) is 24.3 Å². The van der Waals surface area contributed by atoms with Gasteiger partial charge in [0.25, 0.3) is 5.91 Å². The average Bonchev–Trinajstić information content (AvgIpc) is 3.53. The Kier molecular flexibility index (Phi) is 11.5. The SMILES string of the molecule is CCCC(CCC)C(=O)Oc1ccc2c(c1)/C(=C/[C]1[CH][CH][CH][CH]1)C(=O)N2.[CH]1[CH][CH][CH][CH]1.[Fe+2]. The molecule has 0 unspecified atom stereocenters. The van der Waals surface area contributed by atoms with Crippen LogP contribution < -0.4 is 10.1 Å². The summed E-state index contributed by atoms with van der Waals surface area (Å²) >= 11 is 0. The predicted molar refractivity (Wildman–Crippen MR) is 124 cm³/mol. The molecule has 2 fully saturated rings. The van der Waals surface area contributed by atoms with E-state index < -0.39 is 0 Å². The van der Waals surface area contributed by atoms with Gasteiger partial charge < -0.3 is 10.1 Å². The Labute approximate surface area is 204 Å². The normalized spacial score (nSPS) is 18.7. The molecule has 3 aliphatic rings. The van der Waals surface area contributed by atoms with Gasteiger partial charge in [0.05, 0.1) is 5.92 Å². The van der Waals surface area contributed by atoms with Crippen molar-refractivity contribution in [3.05, 3.63) is 93.5 Å². The van der Waals surface area contributed by atoms with Crippen LogP contribution in [0.1, 0.15) is 45.1 Å². The summed E-state index contributed by atoms with van der Waals surface area (Å²) in [6.45, 7) is 4.15. The predicted octanol–water partition coefficient (Wildman–Crippen LogP) is 5.57. The quantitative estimate of drug-likeness (QED) is 0.245. The first-order chi connectivity index (χ1) is 15.1. The number of carbonyl (C=O) groups excluding carboxylic acids is 2. The van der Waals surface area contributed by atoms with Gasteiger partial charge in [-0.05, 0) is 88.8 Å². The number of ether oxygens (including phenoxy) is 1. The second-order valence-electron chi connectivity index (χ2n) is 7.60. The number of carbonyl (C=O) groups is 2. The van der Waals surface area contributed by atoms with Crippen LogP contribution in [0.3, 0.4) is 0 Å². The molecule has 2 aliphatic carbocycles. The summed E-state index contributed by atoms with van der Waals surface area (Å²) in [5.74, 6) is 1.05. The zero-order valence-corrected chi connectivity index (χ0v) is 19.6. The van der Waals surface area contributed by atoms with Crippen molar-refractivity contribution < 1.29 is 31.4 Å². The van der Waals surface area contributed by atoms with Gasteiger partial charge in [-0.25, -0.2) is 0 Å². The Bertz CT molecular complexity index is 765. The monoisotopic (exact) mass is 471 g/mol. The van der Waals surface area contributed by atoms with Gasteiger partial charge in [-0.2, -0.15) is 0 Å². The molecule has 0 bridgehead atoms. The third-order valence-corrected chi connectivity index (χ3v) is 5.16. The van der Waals surface area contributed by atoms with E-state index in [0.717, 1.165) is 42.9 Å². The van der Waals surface area contributed by atoms with Gasteiger partial charge >= 0.3 is 23.0 Å². The first-order valence-corrected chi connectivity index (χ1v) is 10.9. The van der Waals surface area contributed by atoms with Crippen LogP contribution in [0, 0.1) is 69.6 Å². The summed E-state index contributed by atoms with van der Waals surface area (Å²) in [6.07, 6.45) is 23.2. The van der Waals surface area contributed by atoms with Gasteiger partial charge in [0.15, 0.2) is 0 Å². The Morgan fingerprint density at radius 3 is 2.12 bits per heavy atom. The summed E-state index contributed by atoms with van der Waals surface area (Å²) < 4.78 is 5.62. The molecule has 1 heterocycles. The molecule has 5 heteroatoms. The molecular formula is C27H29FeNO3+2. The second kappa shape index (κ2) is 13.9. The molecule has 1 aromatic carbocycles. The van der Waals surface area contributed by atoms with Crippen molar-refractivity contribution in [3.8, 4) is 5.75 Å². The largest absolute Gasteiger partial charge is 2.00 e. The molecule has 2 saturated carbocycles. The molecule has 10 radical (unpaired) electrons. The molecule has 4 rings (SSSR count). The van der Waals surface area contributed by atoms with Crippen LogP contribution in [-0.4, -0.2) is 11.9 Å². The molecule has 1 aromatic rings. The molecule has 0 spiro atoms. The van der Waals surface area contributed by atoms with Crippen molar-refractivity contribution in [1.82, 2.24) is 0 Å². The van der Waals surface area contributed by atoms with E-state index >= 15 is 0 Å². The smallest absolute Gasteiger partial charge is 0.426 e. The average molecular weight is 471 g/mol. The van der Waals surface area contributed by atoms with Crippen molar-refractivity contribution in [1.29, 1.82) is 0 Å². The van der Waals surface area contributed by atoms with E-state index in [0.29, 0.717) is 11.3 Å². The minimum Gasteiger partial charge on any atom is -0.426 e. The van der Waals surface area contributed by atoms with Crippen LogP contribution in [0.25, 0.3) is 5.57 Å². The standard InChI is InChI=1S/C22H24NO3.C5H5.Fe/c1-3-7-16(8-4-2)22(25)26-17-11-12-20-18(14-17)19(21(24)23-20)13-15-9-5-6-10-15;1-2-4-5-3-1;/h5-6,9-14,16H,3-4,7-8H2,1-2H3,(H,23,24);1-5H;/q;;+2/b19-13-;;. The first kappa shape index (κ1) is 26.7. The number of fused-ring (bicyclic) bond motifs is 1. The van der Waals surface area contributed by atoms with Gasteiger partial charge in [0, 0.05) is 22.7 Å². The first-order valence-electron chi connectivity index (χ1n) is 10.9. The molecule has 0 atom stereocenters. The Morgan fingerprint density at radius 1 is 0.969 bits per heavy atom. The number of anilines is 1. The van der Waals surface area contributed by atoms with Gasteiger partial charge in [-0.15, -0.1) is 0 Å². The third kappa shape index (κ3) is 7.49. The van der Waals surface area contributed by atoms with Gasteiger partial charge in [-0.3, -0.25) is 9.59 Å². The number of amides is 1.